The zero-order valence-electron chi connectivity index (χ0n) is 9.28. The third-order valence-corrected chi connectivity index (χ3v) is 2.30. The standard InChI is InChI=1S/C11H9NO6/c1-17-11(16)5-3-2-4-6-8(5)18-9(12-6)7(13)10(14)15/h2-4,7,13H,1H3,(H,14,15). The molecule has 1 aromatic heterocycles. The van der Waals surface area contributed by atoms with E-state index in [0.29, 0.717) is 0 Å². The van der Waals surface area contributed by atoms with Gasteiger partial charge in [-0.15, -0.1) is 0 Å². The molecule has 18 heavy (non-hydrogen) atoms. The molecule has 1 heterocycles. The molecule has 0 saturated heterocycles. The number of aromatic nitrogens is 1. The summed E-state index contributed by atoms with van der Waals surface area (Å²) in [4.78, 5) is 25.9. The summed E-state index contributed by atoms with van der Waals surface area (Å²) < 4.78 is 9.66. The SMILES string of the molecule is COC(=O)c1cccc2nc(C(O)C(=O)O)oc12. The molecule has 0 aliphatic rings. The van der Waals surface area contributed by atoms with E-state index in [2.05, 4.69) is 9.72 Å². The average Bonchev–Trinajstić information content (AvgIpc) is 2.80. The molecule has 0 bridgehead atoms. The average molecular weight is 251 g/mol. The van der Waals surface area contributed by atoms with E-state index in [1.54, 1.807) is 6.07 Å². The zero-order chi connectivity index (χ0) is 13.3. The highest BCUT2D eigenvalue weighted by molar-refractivity contribution is 6.01. The molecule has 1 unspecified atom stereocenters. The Kier molecular flexibility index (Phi) is 2.99. The molecule has 0 radical (unpaired) electrons. The van der Waals surface area contributed by atoms with Crippen molar-refractivity contribution in [3.63, 3.8) is 0 Å². The second-order valence-electron chi connectivity index (χ2n) is 3.44. The molecule has 1 aromatic carbocycles. The van der Waals surface area contributed by atoms with Gasteiger partial charge in [0.2, 0.25) is 12.0 Å². The second kappa shape index (κ2) is 4.46. The van der Waals surface area contributed by atoms with Crippen LogP contribution in [0.4, 0.5) is 0 Å². The van der Waals surface area contributed by atoms with Crippen LogP contribution in [0.25, 0.3) is 11.1 Å². The maximum Gasteiger partial charge on any atom is 0.342 e. The maximum atomic E-state index is 11.5. The Bertz CT molecular complexity index is 617. The van der Waals surface area contributed by atoms with Gasteiger partial charge in [-0.2, -0.15) is 0 Å². The fraction of sp³-hybridized carbons (Fsp3) is 0.182. The van der Waals surface area contributed by atoms with Gasteiger partial charge >= 0.3 is 11.9 Å². The van der Waals surface area contributed by atoms with Crippen LogP contribution in [0.1, 0.15) is 22.4 Å². The molecule has 1 atom stereocenters. The van der Waals surface area contributed by atoms with Gasteiger partial charge < -0.3 is 19.4 Å². The van der Waals surface area contributed by atoms with E-state index in [9.17, 15) is 14.7 Å². The number of aliphatic hydroxyl groups is 1. The Morgan fingerprint density at radius 3 is 2.78 bits per heavy atom. The van der Waals surface area contributed by atoms with Crippen LogP contribution in [-0.4, -0.2) is 34.2 Å². The van der Waals surface area contributed by atoms with Gasteiger partial charge in [0.1, 0.15) is 11.1 Å². The number of para-hydroxylation sites is 1. The van der Waals surface area contributed by atoms with Crippen LogP contribution in [0.15, 0.2) is 22.6 Å². The lowest BCUT2D eigenvalue weighted by molar-refractivity contribution is -0.148. The van der Waals surface area contributed by atoms with Crippen molar-refractivity contribution in [1.29, 1.82) is 0 Å². The Hall–Kier alpha value is -2.41. The Morgan fingerprint density at radius 2 is 2.17 bits per heavy atom. The van der Waals surface area contributed by atoms with Gasteiger partial charge in [-0.1, -0.05) is 6.07 Å². The fourth-order valence-corrected chi connectivity index (χ4v) is 1.46. The summed E-state index contributed by atoms with van der Waals surface area (Å²) in [6.07, 6.45) is -1.87. The molecule has 0 aliphatic heterocycles. The van der Waals surface area contributed by atoms with Crippen LogP contribution in [0.5, 0.6) is 0 Å². The summed E-state index contributed by atoms with van der Waals surface area (Å²) in [5.74, 6) is -2.50. The number of oxazole rings is 1. The fourth-order valence-electron chi connectivity index (χ4n) is 1.46. The molecule has 0 amide bonds. The molecular weight excluding hydrogens is 242 g/mol. The van der Waals surface area contributed by atoms with Gasteiger partial charge in [0.15, 0.2) is 5.58 Å². The van der Waals surface area contributed by atoms with Crippen molar-refractivity contribution in [1.82, 2.24) is 4.98 Å². The predicted molar refractivity (Wildman–Crippen MR) is 57.9 cm³/mol. The number of benzene rings is 1. The highest BCUT2D eigenvalue weighted by Crippen LogP contribution is 2.24. The first kappa shape index (κ1) is 12.1. The maximum absolute atomic E-state index is 11.5. The number of nitrogens with zero attached hydrogens (tertiary/aromatic N) is 1. The highest BCUT2D eigenvalue weighted by atomic mass is 16.5. The molecule has 0 aliphatic carbocycles. The van der Waals surface area contributed by atoms with E-state index in [-0.39, 0.29) is 22.6 Å². The Labute approximate surface area is 101 Å². The van der Waals surface area contributed by atoms with E-state index >= 15 is 0 Å². The van der Waals surface area contributed by atoms with Crippen LogP contribution < -0.4 is 0 Å². The molecule has 0 fully saturated rings. The predicted octanol–water partition coefficient (Wildman–Crippen LogP) is 0.732. The lowest BCUT2D eigenvalue weighted by Crippen LogP contribution is -2.10. The van der Waals surface area contributed by atoms with Crippen LogP contribution in [0.3, 0.4) is 0 Å². The number of carboxylic acid groups (broad SMARTS) is 1. The largest absolute Gasteiger partial charge is 0.479 e. The van der Waals surface area contributed by atoms with E-state index in [0.717, 1.165) is 0 Å². The van der Waals surface area contributed by atoms with Gasteiger partial charge in [-0.25, -0.2) is 14.6 Å². The molecule has 0 saturated carbocycles. The van der Waals surface area contributed by atoms with Crippen LogP contribution in [-0.2, 0) is 9.53 Å². The van der Waals surface area contributed by atoms with Crippen molar-refractivity contribution in [2.24, 2.45) is 0 Å². The third kappa shape index (κ3) is 1.91. The molecule has 2 rings (SSSR count). The minimum atomic E-state index is -1.87. The topological polar surface area (TPSA) is 110 Å². The molecule has 7 nitrogen and oxygen atoms in total. The lowest BCUT2D eigenvalue weighted by Gasteiger charge is -1.99. The van der Waals surface area contributed by atoms with Crippen LogP contribution in [0.2, 0.25) is 0 Å². The third-order valence-electron chi connectivity index (χ3n) is 2.30. The summed E-state index contributed by atoms with van der Waals surface area (Å²) >= 11 is 0. The number of carbonyl (C=O) groups is 2. The molecule has 94 valence electrons. The van der Waals surface area contributed by atoms with Gasteiger partial charge in [0, 0.05) is 0 Å². The normalized spacial score (nSPS) is 12.3. The van der Waals surface area contributed by atoms with Gasteiger partial charge in [0.05, 0.1) is 7.11 Å². The minimum absolute atomic E-state index is 0.0830. The van der Waals surface area contributed by atoms with Crippen molar-refractivity contribution in [3.8, 4) is 0 Å². The number of carbonyl (C=O) groups excluding carboxylic acids is 1. The van der Waals surface area contributed by atoms with Crippen molar-refractivity contribution >= 4 is 23.0 Å². The van der Waals surface area contributed by atoms with Crippen molar-refractivity contribution in [2.75, 3.05) is 7.11 Å². The number of fused-ring (bicyclic) bond motifs is 1. The first-order valence-electron chi connectivity index (χ1n) is 4.93. The summed E-state index contributed by atoms with van der Waals surface area (Å²) in [6, 6.07) is 4.54. The van der Waals surface area contributed by atoms with Crippen molar-refractivity contribution < 1.29 is 29.0 Å². The molecule has 0 spiro atoms. The summed E-state index contributed by atoms with van der Waals surface area (Å²) in [7, 11) is 1.21. The smallest absolute Gasteiger partial charge is 0.342 e. The van der Waals surface area contributed by atoms with E-state index in [1.165, 1.54) is 19.2 Å². The quantitative estimate of drug-likeness (QED) is 0.773. The summed E-state index contributed by atoms with van der Waals surface area (Å²) in [6.45, 7) is 0. The number of methoxy groups -OCH3 is 1. The Balaban J connectivity index is 2.57. The van der Waals surface area contributed by atoms with E-state index in [1.807, 2.05) is 0 Å². The van der Waals surface area contributed by atoms with Gasteiger partial charge in [-0.05, 0) is 12.1 Å². The number of rotatable bonds is 3. The van der Waals surface area contributed by atoms with E-state index < -0.39 is 18.0 Å². The zero-order valence-corrected chi connectivity index (χ0v) is 9.28. The van der Waals surface area contributed by atoms with Gasteiger partial charge in [-0.3, -0.25) is 0 Å². The number of hydrogen-bond donors (Lipinski definition) is 2. The number of aliphatic carboxylic acids is 1. The Morgan fingerprint density at radius 1 is 1.44 bits per heavy atom. The van der Waals surface area contributed by atoms with Gasteiger partial charge in [0.25, 0.3) is 0 Å². The number of aliphatic hydroxyl groups excluding tert-OH is 1. The lowest BCUT2D eigenvalue weighted by atomic mass is 10.2. The molecule has 2 aromatic rings. The van der Waals surface area contributed by atoms with Crippen molar-refractivity contribution in [3.05, 3.63) is 29.7 Å². The van der Waals surface area contributed by atoms with Crippen LogP contribution >= 0.6 is 0 Å². The highest BCUT2D eigenvalue weighted by Gasteiger charge is 2.24. The first-order chi connectivity index (χ1) is 8.54. The van der Waals surface area contributed by atoms with E-state index in [4.69, 9.17) is 9.52 Å². The molecule has 2 N–H and O–H groups in total. The van der Waals surface area contributed by atoms with Crippen LogP contribution in [0, 0.1) is 0 Å². The molecule has 7 heteroatoms. The number of esters is 1. The summed E-state index contributed by atoms with van der Waals surface area (Å²) in [5, 5.41) is 18.0. The minimum Gasteiger partial charge on any atom is -0.479 e. The number of hydrogen-bond acceptors (Lipinski definition) is 6. The first-order valence-corrected chi connectivity index (χ1v) is 4.93. The number of ether oxygens (including phenoxy) is 1. The monoisotopic (exact) mass is 251 g/mol. The van der Waals surface area contributed by atoms with Crippen molar-refractivity contribution in [2.45, 2.75) is 6.10 Å². The molecular formula is C11H9NO6. The number of carboxylic acids is 1. The second-order valence-corrected chi connectivity index (χ2v) is 3.44. The summed E-state index contributed by atoms with van der Waals surface area (Å²) in [5.41, 5.74) is 0.471.